The standard InChI is InChI=1S/C18H29NO2/c1-15(2)10-12-19(13-11-16(3)4)18(20)14-21-17-8-6-5-7-9-17/h5-9,15-16H,10-14H2,1-4H3. The van der Waals surface area contributed by atoms with E-state index in [1.807, 2.05) is 35.2 Å². The first-order valence-corrected chi connectivity index (χ1v) is 7.94. The lowest BCUT2D eigenvalue weighted by molar-refractivity contribution is -0.133. The van der Waals surface area contributed by atoms with Gasteiger partial charge in [-0.1, -0.05) is 45.9 Å². The van der Waals surface area contributed by atoms with Crippen molar-refractivity contribution < 1.29 is 9.53 Å². The minimum atomic E-state index is 0.0835. The fraction of sp³-hybridized carbons (Fsp3) is 0.611. The zero-order chi connectivity index (χ0) is 15.7. The Bertz CT molecular complexity index is 389. The molecule has 21 heavy (non-hydrogen) atoms. The molecule has 0 fully saturated rings. The minimum Gasteiger partial charge on any atom is -0.484 e. The van der Waals surface area contributed by atoms with Gasteiger partial charge < -0.3 is 9.64 Å². The van der Waals surface area contributed by atoms with Crippen LogP contribution in [0.5, 0.6) is 5.75 Å². The third-order valence-electron chi connectivity index (χ3n) is 3.41. The second-order valence-corrected chi connectivity index (χ2v) is 6.35. The Balaban J connectivity index is 2.48. The van der Waals surface area contributed by atoms with Gasteiger partial charge in [0.05, 0.1) is 0 Å². The van der Waals surface area contributed by atoms with Crippen molar-refractivity contribution in [3.8, 4) is 5.75 Å². The molecule has 0 aromatic heterocycles. The van der Waals surface area contributed by atoms with E-state index in [1.165, 1.54) is 0 Å². The number of para-hydroxylation sites is 1. The van der Waals surface area contributed by atoms with Gasteiger partial charge in [0, 0.05) is 13.1 Å². The van der Waals surface area contributed by atoms with Gasteiger partial charge in [0.2, 0.25) is 0 Å². The number of nitrogens with zero attached hydrogens (tertiary/aromatic N) is 1. The van der Waals surface area contributed by atoms with Crippen LogP contribution in [0.3, 0.4) is 0 Å². The molecule has 0 bridgehead atoms. The zero-order valence-corrected chi connectivity index (χ0v) is 13.8. The highest BCUT2D eigenvalue weighted by atomic mass is 16.5. The van der Waals surface area contributed by atoms with Crippen molar-refractivity contribution in [2.24, 2.45) is 11.8 Å². The van der Waals surface area contributed by atoms with Gasteiger partial charge in [0.15, 0.2) is 6.61 Å². The number of ether oxygens (including phenoxy) is 1. The van der Waals surface area contributed by atoms with Crippen molar-refractivity contribution in [3.63, 3.8) is 0 Å². The van der Waals surface area contributed by atoms with Gasteiger partial charge in [-0.3, -0.25) is 4.79 Å². The molecule has 0 aliphatic carbocycles. The van der Waals surface area contributed by atoms with E-state index in [4.69, 9.17) is 4.74 Å². The third-order valence-corrected chi connectivity index (χ3v) is 3.41. The lowest BCUT2D eigenvalue weighted by Gasteiger charge is -2.24. The first-order chi connectivity index (χ1) is 9.99. The Labute approximate surface area is 129 Å². The van der Waals surface area contributed by atoms with Crippen molar-refractivity contribution in [3.05, 3.63) is 30.3 Å². The second-order valence-electron chi connectivity index (χ2n) is 6.35. The first-order valence-electron chi connectivity index (χ1n) is 7.94. The molecule has 0 N–H and O–H groups in total. The average Bonchev–Trinajstić information content (AvgIpc) is 2.45. The van der Waals surface area contributed by atoms with Crippen molar-refractivity contribution in [2.45, 2.75) is 40.5 Å². The summed E-state index contributed by atoms with van der Waals surface area (Å²) in [5.41, 5.74) is 0. The van der Waals surface area contributed by atoms with Crippen molar-refractivity contribution in [1.29, 1.82) is 0 Å². The van der Waals surface area contributed by atoms with E-state index in [1.54, 1.807) is 0 Å². The lowest BCUT2D eigenvalue weighted by Crippen LogP contribution is -2.37. The van der Waals surface area contributed by atoms with E-state index in [-0.39, 0.29) is 12.5 Å². The minimum absolute atomic E-state index is 0.0835. The van der Waals surface area contributed by atoms with Gasteiger partial charge in [0.1, 0.15) is 5.75 Å². The van der Waals surface area contributed by atoms with Gasteiger partial charge in [-0.15, -0.1) is 0 Å². The Morgan fingerprint density at radius 3 is 2.00 bits per heavy atom. The van der Waals surface area contributed by atoms with Crippen LogP contribution in [-0.2, 0) is 4.79 Å². The Hall–Kier alpha value is -1.51. The Morgan fingerprint density at radius 2 is 1.52 bits per heavy atom. The molecule has 0 radical (unpaired) electrons. The molecular weight excluding hydrogens is 262 g/mol. The fourth-order valence-electron chi connectivity index (χ4n) is 1.94. The highest BCUT2D eigenvalue weighted by Crippen LogP contribution is 2.10. The molecule has 0 atom stereocenters. The second kappa shape index (κ2) is 9.43. The summed E-state index contributed by atoms with van der Waals surface area (Å²) < 4.78 is 5.57. The van der Waals surface area contributed by atoms with Crippen LogP contribution < -0.4 is 4.74 Å². The van der Waals surface area contributed by atoms with Gasteiger partial charge in [-0.2, -0.15) is 0 Å². The number of rotatable bonds is 9. The molecule has 0 unspecified atom stereocenters. The van der Waals surface area contributed by atoms with Gasteiger partial charge in [-0.05, 0) is 36.8 Å². The van der Waals surface area contributed by atoms with E-state index in [0.717, 1.165) is 31.7 Å². The van der Waals surface area contributed by atoms with Crippen LogP contribution in [-0.4, -0.2) is 30.5 Å². The summed E-state index contributed by atoms with van der Waals surface area (Å²) in [5.74, 6) is 2.04. The number of hydrogen-bond donors (Lipinski definition) is 0. The van der Waals surface area contributed by atoms with E-state index >= 15 is 0 Å². The molecule has 3 nitrogen and oxygen atoms in total. The molecule has 0 aliphatic rings. The molecule has 0 saturated heterocycles. The summed E-state index contributed by atoms with van der Waals surface area (Å²) in [6, 6.07) is 9.51. The maximum Gasteiger partial charge on any atom is 0.260 e. The van der Waals surface area contributed by atoms with Crippen molar-refractivity contribution >= 4 is 5.91 Å². The maximum atomic E-state index is 12.3. The molecule has 1 aromatic rings. The van der Waals surface area contributed by atoms with E-state index in [9.17, 15) is 4.79 Å². The summed E-state index contributed by atoms with van der Waals surface area (Å²) in [7, 11) is 0. The van der Waals surface area contributed by atoms with Crippen LogP contribution in [0.4, 0.5) is 0 Å². The van der Waals surface area contributed by atoms with Gasteiger partial charge in [0.25, 0.3) is 5.91 Å². The average molecular weight is 291 g/mol. The first kappa shape index (κ1) is 17.5. The molecule has 118 valence electrons. The lowest BCUT2D eigenvalue weighted by atomic mass is 10.1. The molecule has 0 heterocycles. The van der Waals surface area contributed by atoms with Crippen molar-refractivity contribution in [2.75, 3.05) is 19.7 Å². The molecule has 0 aliphatic heterocycles. The molecule has 1 rings (SSSR count). The van der Waals surface area contributed by atoms with Crippen LogP contribution in [0.15, 0.2) is 30.3 Å². The topological polar surface area (TPSA) is 29.5 Å². The maximum absolute atomic E-state index is 12.3. The summed E-state index contributed by atoms with van der Waals surface area (Å²) in [6.45, 7) is 10.5. The monoisotopic (exact) mass is 291 g/mol. The molecular formula is C18H29NO2. The van der Waals surface area contributed by atoms with Crippen LogP contribution in [0.25, 0.3) is 0 Å². The van der Waals surface area contributed by atoms with Gasteiger partial charge >= 0.3 is 0 Å². The number of carbonyl (C=O) groups excluding carboxylic acids is 1. The summed E-state index contributed by atoms with van der Waals surface area (Å²) in [4.78, 5) is 14.3. The molecule has 0 spiro atoms. The van der Waals surface area contributed by atoms with Crippen LogP contribution in [0.2, 0.25) is 0 Å². The Morgan fingerprint density at radius 1 is 1.00 bits per heavy atom. The quantitative estimate of drug-likeness (QED) is 0.688. The number of carbonyl (C=O) groups is 1. The van der Waals surface area contributed by atoms with Crippen molar-refractivity contribution in [1.82, 2.24) is 4.90 Å². The molecule has 1 aromatic carbocycles. The summed E-state index contributed by atoms with van der Waals surface area (Å²) in [6.07, 6.45) is 2.07. The summed E-state index contributed by atoms with van der Waals surface area (Å²) >= 11 is 0. The predicted octanol–water partition coefficient (Wildman–Crippen LogP) is 3.99. The zero-order valence-electron chi connectivity index (χ0n) is 13.8. The van der Waals surface area contributed by atoms with Crippen LogP contribution in [0.1, 0.15) is 40.5 Å². The van der Waals surface area contributed by atoms with E-state index in [0.29, 0.717) is 11.8 Å². The molecule has 3 heteroatoms. The normalized spacial score (nSPS) is 11.0. The van der Waals surface area contributed by atoms with Crippen LogP contribution in [0, 0.1) is 11.8 Å². The predicted molar refractivity (Wildman–Crippen MR) is 87.4 cm³/mol. The molecule has 0 saturated carbocycles. The molecule has 1 amide bonds. The number of amides is 1. The van der Waals surface area contributed by atoms with E-state index in [2.05, 4.69) is 27.7 Å². The third kappa shape index (κ3) is 7.74. The largest absolute Gasteiger partial charge is 0.484 e. The van der Waals surface area contributed by atoms with Crippen LogP contribution >= 0.6 is 0 Å². The fourth-order valence-corrected chi connectivity index (χ4v) is 1.94. The van der Waals surface area contributed by atoms with Gasteiger partial charge in [-0.25, -0.2) is 0 Å². The SMILES string of the molecule is CC(C)CCN(CCC(C)C)C(=O)COc1ccccc1. The highest BCUT2D eigenvalue weighted by Gasteiger charge is 2.15. The summed E-state index contributed by atoms with van der Waals surface area (Å²) in [5, 5.41) is 0. The Kier molecular flexibility index (Phi) is 7.88. The highest BCUT2D eigenvalue weighted by molar-refractivity contribution is 5.77. The number of benzene rings is 1. The smallest absolute Gasteiger partial charge is 0.260 e. The number of hydrogen-bond acceptors (Lipinski definition) is 2. The van der Waals surface area contributed by atoms with E-state index < -0.39 is 0 Å².